The summed E-state index contributed by atoms with van der Waals surface area (Å²) < 4.78 is 10.4. The number of pyridine rings is 1. The first-order valence-corrected chi connectivity index (χ1v) is 11.6. The molecule has 8 nitrogen and oxygen atoms in total. The fraction of sp³-hybridized carbons (Fsp3) is 0.214. The summed E-state index contributed by atoms with van der Waals surface area (Å²) in [5.41, 5.74) is 1.89. The third-order valence-electron chi connectivity index (χ3n) is 5.72. The van der Waals surface area contributed by atoms with E-state index in [9.17, 15) is 19.5 Å². The fourth-order valence-electron chi connectivity index (χ4n) is 4.10. The Morgan fingerprint density at radius 2 is 1.69 bits per heavy atom. The lowest BCUT2D eigenvalue weighted by Crippen LogP contribution is -2.29. The number of ketones is 1. The number of benzene rings is 2. The first kappa shape index (κ1) is 24.7. The van der Waals surface area contributed by atoms with Crippen LogP contribution in [0.3, 0.4) is 0 Å². The Bertz CT molecular complexity index is 1280. The molecule has 0 aliphatic carbocycles. The Morgan fingerprint density at radius 1 is 0.972 bits per heavy atom. The van der Waals surface area contributed by atoms with Crippen molar-refractivity contribution in [1.82, 2.24) is 4.98 Å². The predicted molar refractivity (Wildman–Crippen MR) is 133 cm³/mol. The SMILES string of the molecule is CCOC(=O)Cc1ccc(N2C(=O)C(=O)/C(=C(\O)c3ccc(OCC)cc3)C2c2ccccn2)cc1. The van der Waals surface area contributed by atoms with E-state index < -0.39 is 17.7 Å². The molecule has 0 radical (unpaired) electrons. The summed E-state index contributed by atoms with van der Waals surface area (Å²) in [5, 5.41) is 11.2. The van der Waals surface area contributed by atoms with E-state index in [4.69, 9.17) is 9.47 Å². The number of hydrogen-bond acceptors (Lipinski definition) is 7. The van der Waals surface area contributed by atoms with E-state index in [2.05, 4.69) is 4.98 Å². The van der Waals surface area contributed by atoms with Crippen molar-refractivity contribution in [2.24, 2.45) is 0 Å². The number of ether oxygens (including phenoxy) is 2. The van der Waals surface area contributed by atoms with Gasteiger partial charge in [0.15, 0.2) is 0 Å². The molecule has 2 aromatic carbocycles. The molecule has 1 fully saturated rings. The lowest BCUT2D eigenvalue weighted by Gasteiger charge is -2.24. The van der Waals surface area contributed by atoms with Crippen molar-refractivity contribution in [1.29, 1.82) is 0 Å². The number of amides is 1. The second-order valence-electron chi connectivity index (χ2n) is 8.03. The zero-order chi connectivity index (χ0) is 25.7. The van der Waals surface area contributed by atoms with Crippen LogP contribution in [0.4, 0.5) is 5.69 Å². The summed E-state index contributed by atoms with van der Waals surface area (Å²) in [6.45, 7) is 4.39. The monoisotopic (exact) mass is 486 g/mol. The van der Waals surface area contributed by atoms with Crippen LogP contribution in [0, 0.1) is 0 Å². The molecule has 184 valence electrons. The van der Waals surface area contributed by atoms with E-state index >= 15 is 0 Å². The van der Waals surface area contributed by atoms with Crippen LogP contribution in [0.25, 0.3) is 5.76 Å². The first-order valence-electron chi connectivity index (χ1n) is 11.6. The standard InChI is InChI=1S/C28H26N2O6/c1-3-35-21-14-10-19(11-15-21)26(32)24-25(22-7-5-6-16-29-22)30(28(34)27(24)33)20-12-8-18(9-13-20)17-23(31)36-4-2/h5-16,25,32H,3-4,17H2,1-2H3/b26-24-. The molecule has 0 saturated carbocycles. The van der Waals surface area contributed by atoms with Crippen LogP contribution in [0.15, 0.2) is 78.5 Å². The molecule has 8 heteroatoms. The zero-order valence-electron chi connectivity index (χ0n) is 20.0. The number of esters is 1. The Kier molecular flexibility index (Phi) is 7.44. The molecule has 1 aromatic heterocycles. The first-order chi connectivity index (χ1) is 17.4. The van der Waals surface area contributed by atoms with Crippen LogP contribution in [0.5, 0.6) is 5.75 Å². The van der Waals surface area contributed by atoms with E-state index in [0.29, 0.717) is 41.5 Å². The van der Waals surface area contributed by atoms with Crippen molar-refractivity contribution in [2.45, 2.75) is 26.3 Å². The second-order valence-corrected chi connectivity index (χ2v) is 8.03. The average Bonchev–Trinajstić information content (AvgIpc) is 3.16. The van der Waals surface area contributed by atoms with Crippen molar-refractivity contribution in [3.05, 3.63) is 95.3 Å². The van der Waals surface area contributed by atoms with Gasteiger partial charge in [-0.25, -0.2) is 0 Å². The van der Waals surface area contributed by atoms with Crippen molar-refractivity contribution in [2.75, 3.05) is 18.1 Å². The van der Waals surface area contributed by atoms with Gasteiger partial charge < -0.3 is 14.6 Å². The van der Waals surface area contributed by atoms with E-state index in [1.807, 2.05) is 6.92 Å². The molecule has 1 N–H and O–H groups in total. The average molecular weight is 487 g/mol. The highest BCUT2D eigenvalue weighted by Crippen LogP contribution is 2.41. The smallest absolute Gasteiger partial charge is 0.310 e. The Hall–Kier alpha value is -4.46. The van der Waals surface area contributed by atoms with Gasteiger partial charge in [-0.15, -0.1) is 0 Å². The van der Waals surface area contributed by atoms with Crippen molar-refractivity contribution >= 4 is 29.1 Å². The Labute approximate surface area is 208 Å². The lowest BCUT2D eigenvalue weighted by atomic mass is 9.98. The zero-order valence-corrected chi connectivity index (χ0v) is 20.0. The molecule has 4 rings (SSSR count). The van der Waals surface area contributed by atoms with Gasteiger partial charge in [0.05, 0.1) is 30.9 Å². The number of carbonyl (C=O) groups is 3. The fourth-order valence-corrected chi connectivity index (χ4v) is 4.10. The molecule has 1 amide bonds. The van der Waals surface area contributed by atoms with Gasteiger partial charge in [0.1, 0.15) is 17.6 Å². The van der Waals surface area contributed by atoms with E-state index in [1.54, 1.807) is 79.9 Å². The van der Waals surface area contributed by atoms with Gasteiger partial charge in [-0.1, -0.05) is 18.2 Å². The number of aliphatic hydroxyl groups is 1. The Morgan fingerprint density at radius 3 is 2.31 bits per heavy atom. The van der Waals surface area contributed by atoms with Crippen LogP contribution < -0.4 is 9.64 Å². The number of aromatic nitrogens is 1. The maximum atomic E-state index is 13.2. The number of Topliss-reactive ketones (excluding diaryl/α,β-unsaturated/α-hetero) is 1. The van der Waals surface area contributed by atoms with Crippen molar-refractivity contribution < 1.29 is 29.0 Å². The van der Waals surface area contributed by atoms with Gasteiger partial charge in [-0.2, -0.15) is 0 Å². The number of nitrogens with zero attached hydrogens (tertiary/aromatic N) is 2. The van der Waals surface area contributed by atoms with Gasteiger partial charge in [-0.05, 0) is 67.9 Å². The van der Waals surface area contributed by atoms with Crippen molar-refractivity contribution in [3.8, 4) is 5.75 Å². The van der Waals surface area contributed by atoms with Crippen LogP contribution >= 0.6 is 0 Å². The number of aliphatic hydroxyl groups excluding tert-OH is 1. The lowest BCUT2D eigenvalue weighted by molar-refractivity contribution is -0.142. The van der Waals surface area contributed by atoms with E-state index in [0.717, 1.165) is 0 Å². The van der Waals surface area contributed by atoms with Gasteiger partial charge >= 0.3 is 5.97 Å². The Balaban J connectivity index is 1.76. The number of anilines is 1. The molecule has 1 aliphatic rings. The molecule has 2 heterocycles. The third kappa shape index (κ3) is 4.98. The summed E-state index contributed by atoms with van der Waals surface area (Å²) in [7, 11) is 0. The minimum atomic E-state index is -0.936. The normalized spacial score (nSPS) is 16.7. The molecule has 0 bridgehead atoms. The van der Waals surface area contributed by atoms with Crippen LogP contribution in [-0.4, -0.2) is 41.0 Å². The van der Waals surface area contributed by atoms with E-state index in [1.165, 1.54) is 4.90 Å². The second kappa shape index (κ2) is 10.9. The predicted octanol–water partition coefficient (Wildman–Crippen LogP) is 4.21. The summed E-state index contributed by atoms with van der Waals surface area (Å²) in [5.74, 6) is -1.62. The van der Waals surface area contributed by atoms with Gasteiger partial charge in [0.2, 0.25) is 0 Å². The van der Waals surface area contributed by atoms with Crippen LogP contribution in [0.1, 0.15) is 36.7 Å². The maximum Gasteiger partial charge on any atom is 0.310 e. The van der Waals surface area contributed by atoms with Crippen molar-refractivity contribution in [3.63, 3.8) is 0 Å². The van der Waals surface area contributed by atoms with Crippen LogP contribution in [0.2, 0.25) is 0 Å². The minimum absolute atomic E-state index is 0.0570. The molecular formula is C28H26N2O6. The highest BCUT2D eigenvalue weighted by atomic mass is 16.5. The van der Waals surface area contributed by atoms with Gasteiger partial charge in [0.25, 0.3) is 11.7 Å². The third-order valence-corrected chi connectivity index (χ3v) is 5.72. The summed E-state index contributed by atoms with van der Waals surface area (Å²) >= 11 is 0. The summed E-state index contributed by atoms with van der Waals surface area (Å²) in [6, 6.07) is 17.6. The molecule has 0 spiro atoms. The molecule has 1 aliphatic heterocycles. The number of hydrogen-bond donors (Lipinski definition) is 1. The summed E-state index contributed by atoms with van der Waals surface area (Å²) in [6.07, 6.45) is 1.66. The maximum absolute atomic E-state index is 13.2. The molecule has 1 atom stereocenters. The van der Waals surface area contributed by atoms with Gasteiger partial charge in [0, 0.05) is 17.4 Å². The number of carbonyl (C=O) groups excluding carboxylic acids is 3. The number of rotatable bonds is 8. The highest BCUT2D eigenvalue weighted by Gasteiger charge is 2.47. The molecular weight excluding hydrogens is 460 g/mol. The summed E-state index contributed by atoms with van der Waals surface area (Å²) in [4.78, 5) is 44.0. The largest absolute Gasteiger partial charge is 0.507 e. The van der Waals surface area contributed by atoms with E-state index in [-0.39, 0.29) is 23.7 Å². The minimum Gasteiger partial charge on any atom is -0.507 e. The molecule has 36 heavy (non-hydrogen) atoms. The molecule has 1 saturated heterocycles. The van der Waals surface area contributed by atoms with Crippen LogP contribution in [-0.2, 0) is 25.5 Å². The molecule has 3 aromatic rings. The van der Waals surface area contributed by atoms with Gasteiger partial charge in [-0.3, -0.25) is 24.3 Å². The quantitative estimate of drug-likeness (QED) is 0.220. The topological polar surface area (TPSA) is 106 Å². The highest BCUT2D eigenvalue weighted by molar-refractivity contribution is 6.51. The molecule has 1 unspecified atom stereocenters.